The molecule has 0 heterocycles. The molecule has 0 saturated heterocycles. The van der Waals surface area contributed by atoms with Gasteiger partial charge in [0.05, 0.1) is 5.56 Å². The van der Waals surface area contributed by atoms with E-state index in [0.29, 0.717) is 0 Å². The van der Waals surface area contributed by atoms with Gasteiger partial charge < -0.3 is 15.0 Å². The highest BCUT2D eigenvalue weighted by Crippen LogP contribution is 2.38. The fraction of sp³-hybridized carbons (Fsp3) is 0.300. The standard InChI is InChI=1S/C10H7BF5NO5S/c11-5-3-4(1-2-6(5)17)7(18)22-8(9(12,13)14)10(15,16)23(19,20)21/h1-3,8H,17H2,(H,19,20,21)/p-1. The van der Waals surface area contributed by atoms with Crippen LogP contribution in [0.15, 0.2) is 18.2 Å². The largest absolute Gasteiger partial charge is 0.743 e. The van der Waals surface area contributed by atoms with E-state index in [1.54, 1.807) is 0 Å². The number of hydrogen-bond acceptors (Lipinski definition) is 6. The van der Waals surface area contributed by atoms with Crippen molar-refractivity contribution in [3.63, 3.8) is 0 Å². The minimum absolute atomic E-state index is 0.0543. The number of ether oxygens (including phenoxy) is 1. The zero-order chi connectivity index (χ0) is 18.2. The monoisotopic (exact) mass is 358 g/mol. The molecule has 0 aliphatic heterocycles. The third kappa shape index (κ3) is 4.10. The maximum atomic E-state index is 13.2. The van der Waals surface area contributed by atoms with Crippen LogP contribution >= 0.6 is 0 Å². The van der Waals surface area contributed by atoms with E-state index in [2.05, 4.69) is 4.74 Å². The van der Waals surface area contributed by atoms with Crippen LogP contribution in [0.1, 0.15) is 10.4 Å². The first-order valence-electron chi connectivity index (χ1n) is 5.44. The van der Waals surface area contributed by atoms with E-state index >= 15 is 0 Å². The second kappa shape index (κ2) is 5.96. The van der Waals surface area contributed by atoms with Crippen molar-refractivity contribution in [2.45, 2.75) is 17.5 Å². The molecule has 23 heavy (non-hydrogen) atoms. The third-order valence-corrected chi connectivity index (χ3v) is 3.36. The summed E-state index contributed by atoms with van der Waals surface area (Å²) < 4.78 is 98.5. The fourth-order valence-corrected chi connectivity index (χ4v) is 1.78. The average Bonchev–Trinajstić information content (AvgIpc) is 2.35. The second-order valence-electron chi connectivity index (χ2n) is 4.19. The van der Waals surface area contributed by atoms with Gasteiger partial charge in [-0.25, -0.2) is 13.2 Å². The lowest BCUT2D eigenvalue weighted by atomic mass is 9.92. The van der Waals surface area contributed by atoms with Gasteiger partial charge in [-0.2, -0.15) is 22.0 Å². The molecule has 0 saturated carbocycles. The summed E-state index contributed by atoms with van der Waals surface area (Å²) in [5, 5.41) is -5.92. The van der Waals surface area contributed by atoms with Crippen molar-refractivity contribution < 1.29 is 44.5 Å². The van der Waals surface area contributed by atoms with E-state index < -0.39 is 39.2 Å². The molecule has 0 aliphatic rings. The molecule has 0 spiro atoms. The van der Waals surface area contributed by atoms with Gasteiger partial charge in [0, 0.05) is 5.69 Å². The van der Waals surface area contributed by atoms with Crippen molar-refractivity contribution in [2.24, 2.45) is 0 Å². The highest BCUT2D eigenvalue weighted by molar-refractivity contribution is 7.86. The van der Waals surface area contributed by atoms with Crippen LogP contribution in [0, 0.1) is 0 Å². The van der Waals surface area contributed by atoms with E-state index in [1.165, 1.54) is 0 Å². The smallest absolute Gasteiger partial charge is 0.432 e. The molecule has 2 radical (unpaired) electrons. The summed E-state index contributed by atoms with van der Waals surface area (Å²) in [6.45, 7) is 0. The van der Waals surface area contributed by atoms with E-state index in [1.807, 2.05) is 0 Å². The fourth-order valence-electron chi connectivity index (χ4n) is 1.33. The molecule has 1 aromatic rings. The minimum Gasteiger partial charge on any atom is -0.743 e. The number of hydrogen-bond donors (Lipinski definition) is 1. The summed E-state index contributed by atoms with van der Waals surface area (Å²) in [5.74, 6) is -1.97. The van der Waals surface area contributed by atoms with Crippen LogP contribution in [0.4, 0.5) is 27.6 Å². The summed E-state index contributed by atoms with van der Waals surface area (Å²) in [6.07, 6.45) is -10.5. The van der Waals surface area contributed by atoms with E-state index in [0.717, 1.165) is 18.2 Å². The summed E-state index contributed by atoms with van der Waals surface area (Å²) >= 11 is 0. The normalized spacial score (nSPS) is 14.3. The summed E-state index contributed by atoms with van der Waals surface area (Å²) in [4.78, 5) is 11.5. The summed E-state index contributed by atoms with van der Waals surface area (Å²) in [6, 6.07) is 2.53. The molecule has 0 amide bonds. The van der Waals surface area contributed by atoms with Crippen LogP contribution in [0.5, 0.6) is 0 Å². The van der Waals surface area contributed by atoms with Crippen LogP contribution in [0.25, 0.3) is 0 Å². The lowest BCUT2D eigenvalue weighted by molar-refractivity contribution is -0.248. The molecule has 6 nitrogen and oxygen atoms in total. The molecule has 13 heteroatoms. The van der Waals surface area contributed by atoms with Gasteiger partial charge in [0.25, 0.3) is 6.10 Å². The molecule has 0 aliphatic carbocycles. The zero-order valence-corrected chi connectivity index (χ0v) is 11.6. The Bertz CT molecular complexity index is 721. The Morgan fingerprint density at radius 3 is 2.17 bits per heavy atom. The molecule has 2 N–H and O–H groups in total. The predicted octanol–water partition coefficient (Wildman–Crippen LogP) is 0.288. The van der Waals surface area contributed by atoms with Crippen molar-refractivity contribution in [3.05, 3.63) is 23.8 Å². The van der Waals surface area contributed by atoms with Crippen LogP contribution in [-0.2, 0) is 14.9 Å². The molecule has 1 atom stereocenters. The number of benzene rings is 1. The number of carbonyl (C=O) groups is 1. The highest BCUT2D eigenvalue weighted by atomic mass is 32.2. The maximum absolute atomic E-state index is 13.2. The van der Waals surface area contributed by atoms with Crippen molar-refractivity contribution in [2.75, 3.05) is 5.73 Å². The van der Waals surface area contributed by atoms with Crippen molar-refractivity contribution in [1.82, 2.24) is 0 Å². The quantitative estimate of drug-likeness (QED) is 0.272. The molecule has 0 fully saturated rings. The van der Waals surface area contributed by atoms with Gasteiger partial charge >= 0.3 is 17.4 Å². The molecular weight excluding hydrogens is 352 g/mol. The van der Waals surface area contributed by atoms with E-state index in [9.17, 15) is 39.7 Å². The van der Waals surface area contributed by atoms with Crippen LogP contribution in [-0.4, -0.2) is 44.3 Å². The van der Waals surface area contributed by atoms with Gasteiger partial charge in [-0.1, -0.05) is 11.5 Å². The second-order valence-corrected chi connectivity index (χ2v) is 5.64. The first-order chi connectivity index (χ1) is 10.2. The van der Waals surface area contributed by atoms with Crippen LogP contribution < -0.4 is 11.2 Å². The Balaban J connectivity index is 3.22. The number of anilines is 1. The average molecular weight is 358 g/mol. The van der Waals surface area contributed by atoms with Gasteiger partial charge in [-0.3, -0.25) is 0 Å². The zero-order valence-electron chi connectivity index (χ0n) is 10.8. The Labute approximate surface area is 127 Å². The topological polar surface area (TPSA) is 110 Å². The van der Waals surface area contributed by atoms with Crippen LogP contribution in [0.3, 0.4) is 0 Å². The summed E-state index contributed by atoms with van der Waals surface area (Å²) in [5.41, 5.74) is 4.27. The predicted molar refractivity (Wildman–Crippen MR) is 66.1 cm³/mol. The van der Waals surface area contributed by atoms with Gasteiger partial charge in [0.15, 0.2) is 10.1 Å². The SMILES string of the molecule is [B]c1cc(C(=O)OC(C(F)(F)F)C(F)(F)S(=O)(=O)[O-])ccc1N. The Kier molecular flexibility index (Phi) is 4.97. The molecule has 0 bridgehead atoms. The number of alkyl halides is 5. The minimum atomic E-state index is -6.75. The first-order valence-corrected chi connectivity index (χ1v) is 6.84. The van der Waals surface area contributed by atoms with Gasteiger partial charge in [-0.05, 0) is 12.1 Å². The Morgan fingerprint density at radius 2 is 1.78 bits per heavy atom. The van der Waals surface area contributed by atoms with Crippen molar-refractivity contribution in [3.8, 4) is 0 Å². The van der Waals surface area contributed by atoms with Crippen LogP contribution in [0.2, 0.25) is 0 Å². The van der Waals surface area contributed by atoms with Gasteiger partial charge in [0.1, 0.15) is 7.85 Å². The van der Waals surface area contributed by atoms with E-state index in [-0.39, 0.29) is 11.2 Å². The number of carbonyl (C=O) groups excluding carboxylic acids is 1. The maximum Gasteiger partial charge on any atom is 0.432 e. The van der Waals surface area contributed by atoms with Gasteiger partial charge in [0.2, 0.25) is 0 Å². The lowest BCUT2D eigenvalue weighted by Gasteiger charge is -2.29. The number of halogens is 5. The third-order valence-electron chi connectivity index (χ3n) is 2.48. The lowest BCUT2D eigenvalue weighted by Crippen LogP contribution is -2.52. The number of rotatable bonds is 4. The molecule has 126 valence electrons. The van der Waals surface area contributed by atoms with Gasteiger partial charge in [-0.15, -0.1) is 0 Å². The number of nitrogen functional groups attached to an aromatic ring is 1. The molecular formula is C10H6BF5NO5S-. The Morgan fingerprint density at radius 1 is 1.26 bits per heavy atom. The molecule has 0 aromatic heterocycles. The summed E-state index contributed by atoms with van der Waals surface area (Å²) in [7, 11) is -1.47. The molecule has 1 rings (SSSR count). The van der Waals surface area contributed by atoms with Crippen molar-refractivity contribution >= 4 is 35.1 Å². The van der Waals surface area contributed by atoms with Crippen molar-refractivity contribution in [1.29, 1.82) is 0 Å². The highest BCUT2D eigenvalue weighted by Gasteiger charge is 2.63. The Hall–Kier alpha value is -1.89. The number of nitrogens with two attached hydrogens (primary N) is 1. The first kappa shape index (κ1) is 19.2. The number of esters is 1. The van der Waals surface area contributed by atoms with E-state index in [4.69, 9.17) is 13.6 Å². The molecule has 1 aromatic carbocycles. The molecule has 1 unspecified atom stereocenters.